The van der Waals surface area contributed by atoms with Crippen LogP contribution in [-0.2, 0) is 11.2 Å². The molecule has 1 saturated carbocycles. The van der Waals surface area contributed by atoms with Crippen LogP contribution in [0.1, 0.15) is 50.7 Å². The molecule has 1 fully saturated rings. The Bertz CT molecular complexity index is 736. The summed E-state index contributed by atoms with van der Waals surface area (Å²) in [7, 11) is 0. The summed E-state index contributed by atoms with van der Waals surface area (Å²) in [5, 5.41) is 9.29. The summed E-state index contributed by atoms with van der Waals surface area (Å²) in [5.74, 6) is -1.92. The van der Waals surface area contributed by atoms with Crippen LogP contribution in [0.25, 0.3) is 6.08 Å². The molecule has 0 atom stereocenters. The molecule has 1 aromatic carbocycles. The standard InChI is InChI=1S/C21H25F2NO3.C2H6/c1-2-19(26)24(10-11-25)18-13-16(20-17(14-18)7-12-27-20)4-3-15-5-8-21(22,23)9-6-15;1-2/h2-4,13-15,25H,1,5-12H2;1-2H3/b4-3+;. The van der Waals surface area contributed by atoms with E-state index in [0.717, 1.165) is 23.3 Å². The molecule has 0 radical (unpaired) electrons. The second-order valence-electron chi connectivity index (χ2n) is 7.09. The highest BCUT2D eigenvalue weighted by atomic mass is 19.3. The van der Waals surface area contributed by atoms with Crippen LogP contribution in [-0.4, -0.2) is 36.7 Å². The number of nitrogens with zero attached hydrogens (tertiary/aromatic N) is 1. The van der Waals surface area contributed by atoms with Gasteiger partial charge in [0, 0.05) is 42.6 Å². The average molecular weight is 408 g/mol. The zero-order valence-corrected chi connectivity index (χ0v) is 17.3. The Kier molecular flexibility index (Phi) is 8.38. The highest BCUT2D eigenvalue weighted by molar-refractivity contribution is 6.01. The molecule has 3 rings (SSSR count). The van der Waals surface area contributed by atoms with Gasteiger partial charge in [-0.3, -0.25) is 4.79 Å². The summed E-state index contributed by atoms with van der Waals surface area (Å²) in [4.78, 5) is 13.6. The largest absolute Gasteiger partial charge is 0.492 e. The molecule has 2 aliphatic rings. The van der Waals surface area contributed by atoms with Gasteiger partial charge >= 0.3 is 0 Å². The third-order valence-electron chi connectivity index (χ3n) is 5.18. The van der Waals surface area contributed by atoms with E-state index in [4.69, 9.17) is 4.74 Å². The normalized spacial score (nSPS) is 17.8. The maximum absolute atomic E-state index is 13.3. The van der Waals surface area contributed by atoms with E-state index in [1.807, 2.05) is 38.1 Å². The minimum atomic E-state index is -2.54. The summed E-state index contributed by atoms with van der Waals surface area (Å²) in [5.41, 5.74) is 2.51. The number of aliphatic hydroxyl groups excluding tert-OH is 1. The number of hydrogen-bond acceptors (Lipinski definition) is 3. The van der Waals surface area contributed by atoms with Crippen molar-refractivity contribution in [2.24, 2.45) is 5.92 Å². The van der Waals surface area contributed by atoms with Crippen molar-refractivity contribution < 1.29 is 23.4 Å². The number of halogens is 2. The lowest BCUT2D eigenvalue weighted by Gasteiger charge is -2.26. The fraction of sp³-hybridized carbons (Fsp3) is 0.522. The van der Waals surface area contributed by atoms with Crippen LogP contribution in [0.3, 0.4) is 0 Å². The zero-order valence-electron chi connectivity index (χ0n) is 17.3. The maximum Gasteiger partial charge on any atom is 0.250 e. The van der Waals surface area contributed by atoms with E-state index in [9.17, 15) is 18.7 Å². The van der Waals surface area contributed by atoms with Crippen LogP contribution < -0.4 is 9.64 Å². The first-order chi connectivity index (χ1) is 13.9. The van der Waals surface area contributed by atoms with Crippen molar-refractivity contribution in [1.82, 2.24) is 0 Å². The summed E-state index contributed by atoms with van der Waals surface area (Å²) >= 11 is 0. The van der Waals surface area contributed by atoms with E-state index >= 15 is 0 Å². The molecule has 1 amide bonds. The van der Waals surface area contributed by atoms with Crippen molar-refractivity contribution >= 4 is 17.7 Å². The van der Waals surface area contributed by atoms with E-state index in [1.54, 1.807) is 0 Å². The third kappa shape index (κ3) is 5.89. The number of anilines is 1. The van der Waals surface area contributed by atoms with E-state index in [0.29, 0.717) is 25.1 Å². The van der Waals surface area contributed by atoms with E-state index in [-0.39, 0.29) is 37.8 Å². The van der Waals surface area contributed by atoms with Crippen LogP contribution in [0.5, 0.6) is 5.75 Å². The number of hydrogen-bond donors (Lipinski definition) is 1. The molecule has 0 saturated heterocycles. The molecule has 4 nitrogen and oxygen atoms in total. The first-order valence-electron chi connectivity index (χ1n) is 10.3. The minimum Gasteiger partial charge on any atom is -0.492 e. The lowest BCUT2D eigenvalue weighted by Crippen LogP contribution is -2.32. The zero-order chi connectivity index (χ0) is 21.4. The smallest absolute Gasteiger partial charge is 0.250 e. The number of fused-ring (bicyclic) bond motifs is 1. The average Bonchev–Trinajstić information content (AvgIpc) is 3.20. The number of carbonyl (C=O) groups is 1. The fourth-order valence-corrected chi connectivity index (χ4v) is 3.67. The SMILES string of the molecule is C=CC(=O)N(CCO)c1cc(/C=C/C2CCC(F)(F)CC2)c2c(c1)CCO2.CC. The Balaban J connectivity index is 0.00000145. The molecule has 0 unspecified atom stereocenters. The topological polar surface area (TPSA) is 49.8 Å². The van der Waals surface area contributed by atoms with Gasteiger partial charge in [0.15, 0.2) is 0 Å². The third-order valence-corrected chi connectivity index (χ3v) is 5.18. The van der Waals surface area contributed by atoms with Crippen molar-refractivity contribution in [2.45, 2.75) is 51.9 Å². The fourth-order valence-electron chi connectivity index (χ4n) is 3.67. The number of rotatable bonds is 6. The van der Waals surface area contributed by atoms with Gasteiger partial charge in [0.1, 0.15) is 5.75 Å². The van der Waals surface area contributed by atoms with Crippen molar-refractivity contribution in [3.63, 3.8) is 0 Å². The van der Waals surface area contributed by atoms with Gasteiger partial charge in [0.25, 0.3) is 0 Å². The predicted molar refractivity (Wildman–Crippen MR) is 113 cm³/mol. The Morgan fingerprint density at radius 1 is 1.34 bits per heavy atom. The van der Waals surface area contributed by atoms with Gasteiger partial charge < -0.3 is 14.7 Å². The summed E-state index contributed by atoms with van der Waals surface area (Å²) in [6.07, 6.45) is 6.64. The molecule has 29 heavy (non-hydrogen) atoms. The predicted octanol–water partition coefficient (Wildman–Crippen LogP) is 5.00. The molecule has 1 N–H and O–H groups in total. The van der Waals surface area contributed by atoms with Gasteiger partial charge in [-0.05, 0) is 37.0 Å². The highest BCUT2D eigenvalue weighted by Crippen LogP contribution is 2.39. The molecular weight excluding hydrogens is 376 g/mol. The minimum absolute atomic E-state index is 0.0746. The molecule has 1 aliphatic carbocycles. The Morgan fingerprint density at radius 3 is 2.66 bits per heavy atom. The molecule has 0 spiro atoms. The first kappa shape index (κ1) is 23.1. The molecule has 6 heteroatoms. The summed E-state index contributed by atoms with van der Waals surface area (Å²) in [6, 6.07) is 3.74. The first-order valence-corrected chi connectivity index (χ1v) is 10.3. The second kappa shape index (κ2) is 10.5. The molecule has 1 aromatic rings. The van der Waals surface area contributed by atoms with Crippen molar-refractivity contribution in [2.75, 3.05) is 24.7 Å². The Hall–Kier alpha value is -2.21. The van der Waals surface area contributed by atoms with E-state index < -0.39 is 5.92 Å². The van der Waals surface area contributed by atoms with Gasteiger partial charge in [-0.1, -0.05) is 32.6 Å². The maximum atomic E-state index is 13.3. The number of benzene rings is 1. The van der Waals surface area contributed by atoms with Crippen molar-refractivity contribution in [1.29, 1.82) is 0 Å². The Morgan fingerprint density at radius 2 is 2.03 bits per heavy atom. The molecule has 160 valence electrons. The number of allylic oxidation sites excluding steroid dienone is 1. The molecule has 1 heterocycles. The molecule has 0 aromatic heterocycles. The lowest BCUT2D eigenvalue weighted by molar-refractivity contribution is -0.114. The number of carbonyl (C=O) groups excluding carboxylic acids is 1. The molecule has 1 aliphatic heterocycles. The van der Waals surface area contributed by atoms with Gasteiger partial charge in [-0.15, -0.1) is 0 Å². The van der Waals surface area contributed by atoms with Gasteiger partial charge in [-0.2, -0.15) is 0 Å². The summed E-state index contributed by atoms with van der Waals surface area (Å²) < 4.78 is 32.4. The van der Waals surface area contributed by atoms with Crippen molar-refractivity contribution in [3.05, 3.63) is 42.0 Å². The van der Waals surface area contributed by atoms with Crippen LogP contribution >= 0.6 is 0 Å². The van der Waals surface area contributed by atoms with Gasteiger partial charge in [-0.25, -0.2) is 8.78 Å². The quantitative estimate of drug-likeness (QED) is 0.676. The van der Waals surface area contributed by atoms with Crippen LogP contribution in [0.2, 0.25) is 0 Å². The van der Waals surface area contributed by atoms with E-state index in [2.05, 4.69) is 6.58 Å². The van der Waals surface area contributed by atoms with Gasteiger partial charge in [0.2, 0.25) is 11.8 Å². The molecular formula is C23H31F2NO3. The Labute approximate surface area is 171 Å². The number of ether oxygens (including phenoxy) is 1. The lowest BCUT2D eigenvalue weighted by atomic mass is 9.86. The van der Waals surface area contributed by atoms with E-state index in [1.165, 1.54) is 11.0 Å². The van der Waals surface area contributed by atoms with Crippen LogP contribution in [0.15, 0.2) is 30.9 Å². The van der Waals surface area contributed by atoms with Gasteiger partial charge in [0.05, 0.1) is 13.2 Å². The number of amides is 1. The monoisotopic (exact) mass is 407 g/mol. The molecule has 0 bridgehead atoms. The summed E-state index contributed by atoms with van der Waals surface area (Å²) in [6.45, 7) is 8.11. The number of alkyl halides is 2. The highest BCUT2D eigenvalue weighted by Gasteiger charge is 2.34. The second-order valence-corrected chi connectivity index (χ2v) is 7.09. The van der Waals surface area contributed by atoms with Crippen LogP contribution in [0.4, 0.5) is 14.5 Å². The number of aliphatic hydroxyl groups is 1. The van der Waals surface area contributed by atoms with Crippen LogP contribution in [0, 0.1) is 5.92 Å². The van der Waals surface area contributed by atoms with Crippen molar-refractivity contribution in [3.8, 4) is 5.75 Å².